The minimum Gasteiger partial charge on any atom is -0.726 e. The molecule has 0 unspecified atom stereocenters. The van der Waals surface area contributed by atoms with Crippen molar-refractivity contribution < 1.29 is 136 Å². The standard InChI is InChI=1S/C61H89NO17S2.2Na/c1-3-5-7-9-11-13-15-17-19-21-23-25-36-44-52(75-58(64)48-38-30-27-31-39-48)51(62-54(63)45-37-26-24-22-20-18-16-14-12-10-8-6-4-2)46-73-61-57(78-60(66)50-42-34-29-35-43-50)56(77-59(65)49-40-32-28-33-41-49)55(79-81(70,71)72)53(76-61)47-74-80(67,68)69;;/h27-36,38-44,51-53,55-57,61H,3-26,37,45-47H2,1-2H3,(H,62,63)(H,67,68,69)(H,70,71,72);;/q;2*+1/p-2/b44-36+;;/t51-,52+,53+,55-,56-,57+,61-;;/m0../s1. The molecule has 0 radical (unpaired) electrons. The first-order valence-corrected chi connectivity index (χ1v) is 32.0. The van der Waals surface area contributed by atoms with Gasteiger partial charge in [-0.3, -0.25) is 13.2 Å². The Bertz CT molecular complexity index is 2500. The average Bonchev–Trinajstić information content (AvgIpc) is 3.60. The van der Waals surface area contributed by atoms with Crippen LogP contribution in [0.5, 0.6) is 0 Å². The van der Waals surface area contributed by atoms with Gasteiger partial charge in [0.1, 0.15) is 18.3 Å². The zero-order valence-corrected chi connectivity index (χ0v) is 55.0. The van der Waals surface area contributed by atoms with Gasteiger partial charge in [-0.25, -0.2) is 31.2 Å². The summed E-state index contributed by atoms with van der Waals surface area (Å²) in [5, 5.41) is 2.96. The maximum absolute atomic E-state index is 14.0. The first kappa shape index (κ1) is 76.0. The summed E-state index contributed by atoms with van der Waals surface area (Å²) < 4.78 is 112. The zero-order valence-electron chi connectivity index (χ0n) is 49.4. The molecule has 83 heavy (non-hydrogen) atoms. The van der Waals surface area contributed by atoms with Gasteiger partial charge in [-0.05, 0) is 61.7 Å². The molecule has 18 nitrogen and oxygen atoms in total. The van der Waals surface area contributed by atoms with E-state index in [0.717, 1.165) is 57.8 Å². The van der Waals surface area contributed by atoms with Crippen molar-refractivity contribution in [1.82, 2.24) is 5.32 Å². The Kier molecular flexibility index (Phi) is 40.7. The molecule has 3 aromatic carbocycles. The van der Waals surface area contributed by atoms with Crippen LogP contribution < -0.4 is 64.4 Å². The van der Waals surface area contributed by atoms with Crippen molar-refractivity contribution >= 4 is 44.6 Å². The smallest absolute Gasteiger partial charge is 0.726 e. The third-order valence-corrected chi connectivity index (χ3v) is 14.8. The number of unbranched alkanes of at least 4 members (excludes halogenated alkanes) is 23. The molecule has 22 heteroatoms. The Hall–Kier alpha value is -3.06. The molecule has 0 bridgehead atoms. The van der Waals surface area contributed by atoms with Crippen LogP contribution in [-0.2, 0) is 57.6 Å². The van der Waals surface area contributed by atoms with Gasteiger partial charge < -0.3 is 38.1 Å². The quantitative estimate of drug-likeness (QED) is 0.0130. The summed E-state index contributed by atoms with van der Waals surface area (Å²) in [4.78, 5) is 55.7. The number of carbonyl (C=O) groups is 4. The predicted octanol–water partition coefficient (Wildman–Crippen LogP) is 5.96. The van der Waals surface area contributed by atoms with E-state index >= 15 is 0 Å². The van der Waals surface area contributed by atoms with E-state index in [9.17, 15) is 45.1 Å². The second kappa shape index (κ2) is 44.4. The third kappa shape index (κ3) is 33.0. The fourth-order valence-electron chi connectivity index (χ4n) is 9.52. The van der Waals surface area contributed by atoms with Gasteiger partial charge in [0.25, 0.3) is 0 Å². The Morgan fingerprint density at radius 3 is 1.39 bits per heavy atom. The van der Waals surface area contributed by atoms with Crippen LogP contribution in [0.4, 0.5) is 0 Å². The van der Waals surface area contributed by atoms with Gasteiger partial charge in [-0.15, -0.1) is 0 Å². The van der Waals surface area contributed by atoms with Gasteiger partial charge in [0.15, 0.2) is 18.5 Å². The zero-order chi connectivity index (χ0) is 58.6. The summed E-state index contributed by atoms with van der Waals surface area (Å²) in [5.41, 5.74) is 0.0687. The number of carbonyl (C=O) groups excluding carboxylic acids is 4. The third-order valence-electron chi connectivity index (χ3n) is 13.9. The second-order valence-electron chi connectivity index (χ2n) is 20.7. The van der Waals surface area contributed by atoms with Crippen LogP contribution in [0.25, 0.3) is 0 Å². The molecule has 3 aromatic rings. The van der Waals surface area contributed by atoms with Gasteiger partial charge in [0.2, 0.25) is 26.7 Å². The van der Waals surface area contributed by atoms with Crippen LogP contribution in [-0.4, -0.2) is 106 Å². The molecular formula is C61H87NNa2O17S2. The average molecular weight is 1220 g/mol. The molecule has 0 spiro atoms. The number of benzene rings is 3. The van der Waals surface area contributed by atoms with Crippen LogP contribution in [0.3, 0.4) is 0 Å². The topological polar surface area (TPSA) is 259 Å². The molecule has 1 heterocycles. The van der Waals surface area contributed by atoms with Gasteiger partial charge in [0, 0.05) is 6.42 Å². The summed E-state index contributed by atoms with van der Waals surface area (Å²) in [6.45, 7) is 2.48. The van der Waals surface area contributed by atoms with E-state index in [0.29, 0.717) is 12.8 Å². The Labute approximate surface area is 538 Å². The Morgan fingerprint density at radius 2 is 0.952 bits per heavy atom. The van der Waals surface area contributed by atoms with Crippen LogP contribution in [0.1, 0.15) is 212 Å². The maximum atomic E-state index is 14.0. The van der Waals surface area contributed by atoms with Crippen LogP contribution >= 0.6 is 0 Å². The van der Waals surface area contributed by atoms with Crippen molar-refractivity contribution in [2.24, 2.45) is 0 Å². The van der Waals surface area contributed by atoms with E-state index in [1.165, 1.54) is 138 Å². The van der Waals surface area contributed by atoms with Crippen molar-refractivity contribution in [2.75, 3.05) is 13.2 Å². The molecule has 0 aromatic heterocycles. The molecule has 0 aliphatic carbocycles. The summed E-state index contributed by atoms with van der Waals surface area (Å²) >= 11 is 0. The number of allylic oxidation sites excluding steroid dienone is 1. The van der Waals surface area contributed by atoms with E-state index in [4.69, 9.17) is 27.9 Å². The SMILES string of the molecule is CCCCCCCCCCCCC/C=C/[C@@H](OC(=O)c1ccccc1)[C@H](CO[C@H]1O[C@H](COS(=O)(=O)[O-])[C@H](OS(=O)(=O)[O-])[C@H](OC(=O)c2ccccc2)[C@H]1OC(=O)c1ccccc1)NC(=O)CCCCCCCCCCCCCCC.[Na+].[Na+]. The molecule has 7 atom stereocenters. The number of ether oxygens (including phenoxy) is 5. The number of nitrogens with one attached hydrogen (secondary N) is 1. The number of esters is 3. The molecular weight excluding hydrogens is 1130 g/mol. The van der Waals surface area contributed by atoms with E-state index in [2.05, 4.69) is 23.3 Å². The van der Waals surface area contributed by atoms with Gasteiger partial charge in [-0.2, -0.15) is 0 Å². The van der Waals surface area contributed by atoms with Crippen molar-refractivity contribution in [1.29, 1.82) is 0 Å². The summed E-state index contributed by atoms with van der Waals surface area (Å²) in [5.74, 6) is -3.38. The number of hydrogen-bond donors (Lipinski definition) is 1. The Balaban J connectivity index is 0.0000118. The van der Waals surface area contributed by atoms with Crippen LogP contribution in [0, 0.1) is 0 Å². The number of hydrogen-bond acceptors (Lipinski definition) is 17. The number of amides is 1. The van der Waals surface area contributed by atoms with E-state index in [1.54, 1.807) is 48.5 Å². The summed E-state index contributed by atoms with van der Waals surface area (Å²) in [7, 11) is -11.3. The van der Waals surface area contributed by atoms with Gasteiger partial charge >= 0.3 is 77.0 Å². The van der Waals surface area contributed by atoms with E-state index < -0.39 is 101 Å². The first-order valence-electron chi connectivity index (χ1n) is 29.3. The molecule has 1 saturated heterocycles. The van der Waals surface area contributed by atoms with Crippen LogP contribution in [0.2, 0.25) is 0 Å². The molecule has 1 fully saturated rings. The van der Waals surface area contributed by atoms with Crippen LogP contribution in [0.15, 0.2) is 103 Å². The van der Waals surface area contributed by atoms with E-state index in [-0.39, 0.29) is 82.2 Å². The number of rotatable bonds is 43. The minimum atomic E-state index is -5.79. The van der Waals surface area contributed by atoms with Crippen molar-refractivity contribution in [3.8, 4) is 0 Å². The minimum absolute atomic E-state index is 0. The fraction of sp³-hybridized carbons (Fsp3) is 0.607. The molecule has 1 aliphatic rings. The first-order chi connectivity index (χ1) is 39.1. The molecule has 1 aliphatic heterocycles. The molecule has 1 amide bonds. The maximum Gasteiger partial charge on any atom is 1.00 e. The second-order valence-corrected chi connectivity index (χ2v) is 22.7. The van der Waals surface area contributed by atoms with Crippen molar-refractivity contribution in [2.45, 2.75) is 224 Å². The Morgan fingerprint density at radius 1 is 0.542 bits per heavy atom. The van der Waals surface area contributed by atoms with Gasteiger partial charge in [-0.1, -0.05) is 216 Å². The molecule has 4 rings (SSSR count). The largest absolute Gasteiger partial charge is 1.00 e. The van der Waals surface area contributed by atoms with Crippen molar-refractivity contribution in [3.05, 3.63) is 120 Å². The molecule has 1 N–H and O–H groups in total. The normalized spacial score (nSPS) is 17.8. The molecule has 452 valence electrons. The predicted molar refractivity (Wildman–Crippen MR) is 304 cm³/mol. The monoisotopic (exact) mass is 1220 g/mol. The molecule has 0 saturated carbocycles. The van der Waals surface area contributed by atoms with E-state index in [1.807, 2.05) is 6.08 Å². The fourth-order valence-corrected chi connectivity index (χ4v) is 10.3. The van der Waals surface area contributed by atoms with Crippen molar-refractivity contribution in [3.63, 3.8) is 0 Å². The summed E-state index contributed by atoms with van der Waals surface area (Å²) in [6.07, 6.45) is 19.3. The summed E-state index contributed by atoms with van der Waals surface area (Å²) in [6, 6.07) is 21.7. The van der Waals surface area contributed by atoms with Gasteiger partial charge in [0.05, 0.1) is 35.9 Å².